The quantitative estimate of drug-likeness (QED) is 0.455. The molecule has 31 heavy (non-hydrogen) atoms. The number of carbonyl (C=O) groups excluding carboxylic acids is 1. The van der Waals surface area contributed by atoms with Crippen LogP contribution in [-0.2, 0) is 4.79 Å². The van der Waals surface area contributed by atoms with Crippen molar-refractivity contribution < 1.29 is 14.1 Å². The maximum absolute atomic E-state index is 12.6. The van der Waals surface area contributed by atoms with Gasteiger partial charge in [-0.15, -0.1) is 11.3 Å². The molecule has 4 aromatic rings. The molecule has 0 N–H and O–H groups in total. The van der Waals surface area contributed by atoms with Crippen molar-refractivity contribution in [1.82, 2.24) is 15.1 Å². The number of aryl methyl sites for hydroxylation is 1. The van der Waals surface area contributed by atoms with Crippen LogP contribution in [0, 0.1) is 6.92 Å². The lowest BCUT2D eigenvalue weighted by Crippen LogP contribution is -2.24. The van der Waals surface area contributed by atoms with Gasteiger partial charge in [0.15, 0.2) is 0 Å². The number of nitrogens with zero attached hydrogens (tertiary/aromatic N) is 4. The van der Waals surface area contributed by atoms with E-state index in [9.17, 15) is 4.79 Å². The highest BCUT2D eigenvalue weighted by Gasteiger charge is 2.35. The van der Waals surface area contributed by atoms with Crippen molar-refractivity contribution in [3.05, 3.63) is 64.8 Å². The second-order valence-corrected chi connectivity index (χ2v) is 8.45. The Morgan fingerprint density at radius 1 is 1.13 bits per heavy atom. The second kappa shape index (κ2) is 7.96. The van der Waals surface area contributed by atoms with Gasteiger partial charge in [0.25, 0.3) is 0 Å². The van der Waals surface area contributed by atoms with Crippen LogP contribution in [-0.4, -0.2) is 34.7 Å². The Labute approximate surface area is 183 Å². The third-order valence-corrected chi connectivity index (χ3v) is 6.11. The van der Waals surface area contributed by atoms with E-state index in [-0.39, 0.29) is 11.8 Å². The van der Waals surface area contributed by atoms with Crippen LogP contribution in [0.2, 0.25) is 0 Å². The van der Waals surface area contributed by atoms with Gasteiger partial charge in [0.1, 0.15) is 5.75 Å². The summed E-state index contributed by atoms with van der Waals surface area (Å²) in [6.45, 7) is 2.49. The molecule has 0 unspecified atom stereocenters. The topological polar surface area (TPSA) is 81.3 Å². The minimum atomic E-state index is -0.139. The molecule has 3 heterocycles. The molecule has 0 aliphatic carbocycles. The smallest absolute Gasteiger partial charge is 0.232 e. The molecule has 0 spiro atoms. The highest BCUT2D eigenvalue weighted by atomic mass is 32.1. The zero-order chi connectivity index (χ0) is 21.4. The summed E-state index contributed by atoms with van der Waals surface area (Å²) >= 11 is 1.62. The Balaban J connectivity index is 1.35. The Morgan fingerprint density at radius 2 is 1.94 bits per heavy atom. The predicted molar refractivity (Wildman–Crippen MR) is 118 cm³/mol. The molecule has 1 aliphatic heterocycles. The van der Waals surface area contributed by atoms with Gasteiger partial charge in [-0.3, -0.25) is 4.79 Å². The first-order valence-electron chi connectivity index (χ1n) is 9.91. The molecule has 0 radical (unpaired) electrons. The largest absolute Gasteiger partial charge is 0.497 e. The highest BCUT2D eigenvalue weighted by Crippen LogP contribution is 2.33. The van der Waals surface area contributed by atoms with E-state index in [4.69, 9.17) is 9.26 Å². The van der Waals surface area contributed by atoms with Crippen LogP contribution in [0.25, 0.3) is 22.6 Å². The van der Waals surface area contributed by atoms with Gasteiger partial charge in [0.05, 0.1) is 23.7 Å². The lowest BCUT2D eigenvalue weighted by Gasteiger charge is -2.16. The van der Waals surface area contributed by atoms with E-state index >= 15 is 0 Å². The summed E-state index contributed by atoms with van der Waals surface area (Å²) in [5, 5.41) is 7.22. The number of aromatic nitrogens is 3. The van der Waals surface area contributed by atoms with Crippen molar-refractivity contribution in [2.75, 3.05) is 18.6 Å². The van der Waals surface area contributed by atoms with Crippen molar-refractivity contribution in [2.45, 2.75) is 19.3 Å². The molecule has 0 bridgehead atoms. The van der Waals surface area contributed by atoms with Crippen molar-refractivity contribution in [1.29, 1.82) is 0 Å². The van der Waals surface area contributed by atoms with E-state index in [0.717, 1.165) is 33.3 Å². The van der Waals surface area contributed by atoms with Gasteiger partial charge in [-0.05, 0) is 37.3 Å². The number of benzene rings is 2. The molecule has 2 aromatic carbocycles. The van der Waals surface area contributed by atoms with E-state index in [1.807, 2.05) is 60.8 Å². The molecule has 7 nitrogen and oxygen atoms in total. The number of hydrogen-bond donors (Lipinski definition) is 0. The first kappa shape index (κ1) is 19.4. The molecular formula is C23H20N4O3S. The van der Waals surface area contributed by atoms with Gasteiger partial charge in [0, 0.05) is 35.2 Å². The standard InChI is InChI=1S/C23H20N4O3S/c1-14-24-20(13-31-14)15-4-3-5-16(10-15)22-25-23(30-26-22)17-11-21(28)27(12-17)18-6-8-19(29-2)9-7-18/h3-10,13,17H,11-12H2,1-2H3/t17-/m0/s1. The van der Waals surface area contributed by atoms with Gasteiger partial charge in [0.2, 0.25) is 17.6 Å². The number of ether oxygens (including phenoxy) is 1. The van der Waals surface area contributed by atoms with E-state index in [1.165, 1.54) is 0 Å². The zero-order valence-corrected chi connectivity index (χ0v) is 17.9. The number of anilines is 1. The fourth-order valence-corrected chi connectivity index (χ4v) is 4.34. The first-order valence-corrected chi connectivity index (χ1v) is 10.8. The average Bonchev–Trinajstić information content (AvgIpc) is 3.54. The Kier molecular flexibility index (Phi) is 4.99. The Hall–Kier alpha value is -3.52. The summed E-state index contributed by atoms with van der Waals surface area (Å²) < 4.78 is 10.7. The molecule has 5 rings (SSSR count). The maximum Gasteiger partial charge on any atom is 0.232 e. The average molecular weight is 433 g/mol. The van der Waals surface area contributed by atoms with Crippen molar-refractivity contribution in [2.24, 2.45) is 0 Å². The maximum atomic E-state index is 12.6. The van der Waals surface area contributed by atoms with Crippen molar-refractivity contribution in [3.8, 4) is 28.4 Å². The lowest BCUT2D eigenvalue weighted by atomic mass is 10.1. The van der Waals surface area contributed by atoms with Gasteiger partial charge < -0.3 is 14.2 Å². The number of amides is 1. The molecule has 8 heteroatoms. The molecule has 1 atom stereocenters. The fraction of sp³-hybridized carbons (Fsp3) is 0.217. The molecule has 1 amide bonds. The summed E-state index contributed by atoms with van der Waals surface area (Å²) in [5.74, 6) is 1.65. The Morgan fingerprint density at radius 3 is 2.68 bits per heavy atom. The van der Waals surface area contributed by atoms with Crippen LogP contribution < -0.4 is 9.64 Å². The first-order chi connectivity index (χ1) is 15.1. The van der Waals surface area contributed by atoms with Crippen molar-refractivity contribution in [3.63, 3.8) is 0 Å². The fourth-order valence-electron chi connectivity index (χ4n) is 3.72. The van der Waals surface area contributed by atoms with Crippen LogP contribution in [0.3, 0.4) is 0 Å². The SMILES string of the molecule is COc1ccc(N2C[C@@H](c3nc(-c4cccc(-c5csc(C)n5)c4)no3)CC2=O)cc1. The van der Waals surface area contributed by atoms with Crippen molar-refractivity contribution >= 4 is 22.9 Å². The summed E-state index contributed by atoms with van der Waals surface area (Å²) in [7, 11) is 1.62. The number of carbonyl (C=O) groups is 1. The van der Waals surface area contributed by atoms with Gasteiger partial charge >= 0.3 is 0 Å². The van der Waals surface area contributed by atoms with E-state index < -0.39 is 0 Å². The van der Waals surface area contributed by atoms with E-state index in [1.54, 1.807) is 23.3 Å². The number of hydrogen-bond acceptors (Lipinski definition) is 7. The third kappa shape index (κ3) is 3.82. The van der Waals surface area contributed by atoms with Gasteiger partial charge in [-0.25, -0.2) is 4.98 Å². The summed E-state index contributed by atoms with van der Waals surface area (Å²) in [4.78, 5) is 23.5. The van der Waals surface area contributed by atoms with E-state index in [2.05, 4.69) is 15.1 Å². The molecule has 0 saturated carbocycles. The highest BCUT2D eigenvalue weighted by molar-refractivity contribution is 7.09. The number of methoxy groups -OCH3 is 1. The van der Waals surface area contributed by atoms with Crippen LogP contribution in [0.5, 0.6) is 5.75 Å². The Bertz CT molecular complexity index is 1230. The zero-order valence-electron chi connectivity index (χ0n) is 17.1. The second-order valence-electron chi connectivity index (χ2n) is 7.39. The molecular weight excluding hydrogens is 412 g/mol. The predicted octanol–water partition coefficient (Wildman–Crippen LogP) is 4.70. The van der Waals surface area contributed by atoms with Crippen LogP contribution in [0.4, 0.5) is 5.69 Å². The minimum Gasteiger partial charge on any atom is -0.497 e. The summed E-state index contributed by atoms with van der Waals surface area (Å²) in [5.41, 5.74) is 3.63. The van der Waals surface area contributed by atoms with Gasteiger partial charge in [-0.1, -0.05) is 23.4 Å². The number of thiazole rings is 1. The van der Waals surface area contributed by atoms with Crippen LogP contribution in [0.1, 0.15) is 23.2 Å². The molecule has 156 valence electrons. The summed E-state index contributed by atoms with van der Waals surface area (Å²) in [6.07, 6.45) is 0.339. The van der Waals surface area contributed by atoms with Gasteiger partial charge in [-0.2, -0.15) is 4.98 Å². The van der Waals surface area contributed by atoms with Crippen LogP contribution in [0.15, 0.2) is 58.4 Å². The third-order valence-electron chi connectivity index (χ3n) is 5.34. The molecule has 1 saturated heterocycles. The minimum absolute atomic E-state index is 0.0378. The van der Waals surface area contributed by atoms with E-state index in [0.29, 0.717) is 24.7 Å². The lowest BCUT2D eigenvalue weighted by molar-refractivity contribution is -0.117. The monoisotopic (exact) mass is 432 g/mol. The number of rotatable bonds is 5. The molecule has 2 aromatic heterocycles. The normalized spacial score (nSPS) is 16.1. The summed E-state index contributed by atoms with van der Waals surface area (Å²) in [6, 6.07) is 15.4. The molecule has 1 aliphatic rings. The molecule has 1 fully saturated rings. The van der Waals surface area contributed by atoms with Crippen LogP contribution >= 0.6 is 11.3 Å².